The third-order valence-corrected chi connectivity index (χ3v) is 4.59. The first-order chi connectivity index (χ1) is 10.5. The number of hydrogen-bond acceptors (Lipinski definition) is 4. The smallest absolute Gasteiger partial charge is 0.256 e. The molecule has 1 aromatic heterocycles. The van der Waals surface area contributed by atoms with Gasteiger partial charge in [0.05, 0.1) is 10.9 Å². The van der Waals surface area contributed by atoms with Crippen molar-refractivity contribution in [2.24, 2.45) is 0 Å². The third kappa shape index (κ3) is 2.82. The Kier molecular flexibility index (Phi) is 3.85. The van der Waals surface area contributed by atoms with Crippen LogP contribution in [0.2, 0.25) is 0 Å². The van der Waals surface area contributed by atoms with Crippen molar-refractivity contribution in [3.8, 4) is 0 Å². The molecular weight excluding hydrogens is 298 g/mol. The molecule has 2 aromatic rings. The van der Waals surface area contributed by atoms with Gasteiger partial charge in [0, 0.05) is 16.7 Å². The van der Waals surface area contributed by atoms with Gasteiger partial charge >= 0.3 is 0 Å². The number of nitrogens with one attached hydrogen (secondary N) is 2. The van der Waals surface area contributed by atoms with Crippen molar-refractivity contribution in [1.82, 2.24) is 4.98 Å². The van der Waals surface area contributed by atoms with Crippen LogP contribution in [0.4, 0.5) is 11.5 Å². The van der Waals surface area contributed by atoms with E-state index in [1.807, 2.05) is 32.0 Å². The Morgan fingerprint density at radius 1 is 1.36 bits per heavy atom. The lowest BCUT2D eigenvalue weighted by molar-refractivity contribution is -0.115. The van der Waals surface area contributed by atoms with Crippen molar-refractivity contribution in [2.45, 2.75) is 24.0 Å². The summed E-state index contributed by atoms with van der Waals surface area (Å²) >= 11 is 1.49. The summed E-state index contributed by atoms with van der Waals surface area (Å²) in [7, 11) is 0. The molecule has 22 heavy (non-hydrogen) atoms. The largest absolute Gasteiger partial charge is 0.324 e. The molecule has 0 saturated heterocycles. The maximum absolute atomic E-state index is 12.3. The highest BCUT2D eigenvalue weighted by Crippen LogP contribution is 2.36. The van der Waals surface area contributed by atoms with Crippen LogP contribution in [0.15, 0.2) is 41.4 Å². The standard InChI is InChI=1S/C16H15N3O2S/c1-9-4-3-7-17-14(9)19-16(21)11-5-6-13-12(8-11)18-15(20)10(2)22-13/h3-8,10H,1-2H3,(H,18,20)(H,17,19,21)/t10-/m0/s1. The van der Waals surface area contributed by atoms with E-state index in [9.17, 15) is 9.59 Å². The maximum Gasteiger partial charge on any atom is 0.256 e. The van der Waals surface area contributed by atoms with Crippen molar-refractivity contribution in [3.05, 3.63) is 47.7 Å². The lowest BCUT2D eigenvalue weighted by Crippen LogP contribution is -2.26. The van der Waals surface area contributed by atoms with Gasteiger partial charge in [0.25, 0.3) is 5.91 Å². The Labute approximate surface area is 132 Å². The first kappa shape index (κ1) is 14.6. The van der Waals surface area contributed by atoms with E-state index in [2.05, 4.69) is 15.6 Å². The molecule has 112 valence electrons. The molecule has 2 amide bonds. The van der Waals surface area contributed by atoms with Gasteiger partial charge in [-0.2, -0.15) is 0 Å². The zero-order chi connectivity index (χ0) is 15.7. The number of carbonyl (C=O) groups excluding carboxylic acids is 2. The molecule has 0 unspecified atom stereocenters. The van der Waals surface area contributed by atoms with Gasteiger partial charge in [-0.3, -0.25) is 9.59 Å². The number of nitrogens with zero attached hydrogens (tertiary/aromatic N) is 1. The molecule has 6 heteroatoms. The van der Waals surface area contributed by atoms with Crippen molar-refractivity contribution >= 4 is 35.1 Å². The normalized spacial score (nSPS) is 16.6. The summed E-state index contributed by atoms with van der Waals surface area (Å²) in [6.07, 6.45) is 1.63. The second-order valence-electron chi connectivity index (χ2n) is 5.08. The van der Waals surface area contributed by atoms with Gasteiger partial charge in [0.15, 0.2) is 0 Å². The van der Waals surface area contributed by atoms with E-state index in [0.717, 1.165) is 10.5 Å². The van der Waals surface area contributed by atoms with Crippen LogP contribution in [0, 0.1) is 6.92 Å². The number of rotatable bonds is 2. The fraction of sp³-hybridized carbons (Fsp3) is 0.188. The van der Waals surface area contributed by atoms with Gasteiger partial charge in [-0.1, -0.05) is 6.07 Å². The highest BCUT2D eigenvalue weighted by atomic mass is 32.2. The number of carbonyl (C=O) groups is 2. The number of amides is 2. The molecule has 0 radical (unpaired) electrons. The van der Waals surface area contributed by atoms with E-state index in [1.54, 1.807) is 18.3 Å². The fourth-order valence-corrected chi connectivity index (χ4v) is 3.08. The second kappa shape index (κ2) is 5.81. The van der Waals surface area contributed by atoms with Crippen LogP contribution in [0.3, 0.4) is 0 Å². The minimum absolute atomic E-state index is 0.0457. The summed E-state index contributed by atoms with van der Waals surface area (Å²) in [4.78, 5) is 29.2. The number of hydrogen-bond donors (Lipinski definition) is 2. The minimum Gasteiger partial charge on any atom is -0.324 e. The molecule has 3 rings (SSSR count). The van der Waals surface area contributed by atoms with E-state index >= 15 is 0 Å². The summed E-state index contributed by atoms with van der Waals surface area (Å²) in [6.45, 7) is 3.74. The van der Waals surface area contributed by atoms with Crippen LogP contribution in [0.25, 0.3) is 0 Å². The number of thioether (sulfide) groups is 1. The molecule has 0 aliphatic carbocycles. The number of aromatic nitrogens is 1. The summed E-state index contributed by atoms with van der Waals surface area (Å²) in [5.74, 6) is 0.246. The van der Waals surface area contributed by atoms with Crippen molar-refractivity contribution < 1.29 is 9.59 Å². The summed E-state index contributed by atoms with van der Waals surface area (Å²) in [5, 5.41) is 5.49. The highest BCUT2D eigenvalue weighted by Gasteiger charge is 2.23. The molecule has 1 aliphatic heterocycles. The Balaban J connectivity index is 1.84. The van der Waals surface area contributed by atoms with Gasteiger partial charge in [-0.05, 0) is 43.7 Å². The lowest BCUT2D eigenvalue weighted by atomic mass is 10.1. The molecule has 2 N–H and O–H groups in total. The van der Waals surface area contributed by atoms with Crippen LogP contribution < -0.4 is 10.6 Å². The summed E-state index contributed by atoms with van der Waals surface area (Å²) in [5.41, 5.74) is 2.06. The van der Waals surface area contributed by atoms with E-state index in [-0.39, 0.29) is 17.1 Å². The summed E-state index contributed by atoms with van der Waals surface area (Å²) < 4.78 is 0. The Morgan fingerprint density at radius 3 is 2.95 bits per heavy atom. The van der Waals surface area contributed by atoms with E-state index in [1.165, 1.54) is 11.8 Å². The molecule has 0 fully saturated rings. The molecule has 0 spiro atoms. The average Bonchev–Trinajstić information content (AvgIpc) is 2.50. The topological polar surface area (TPSA) is 71.1 Å². The second-order valence-corrected chi connectivity index (χ2v) is 6.47. The molecule has 5 nitrogen and oxygen atoms in total. The molecule has 0 saturated carbocycles. The average molecular weight is 313 g/mol. The van der Waals surface area contributed by atoms with E-state index in [4.69, 9.17) is 0 Å². The fourth-order valence-electron chi connectivity index (χ4n) is 2.15. The quantitative estimate of drug-likeness (QED) is 0.894. The minimum atomic E-state index is -0.248. The number of benzene rings is 1. The third-order valence-electron chi connectivity index (χ3n) is 3.41. The van der Waals surface area contributed by atoms with Crippen LogP contribution in [-0.4, -0.2) is 22.0 Å². The van der Waals surface area contributed by atoms with Crippen molar-refractivity contribution in [1.29, 1.82) is 0 Å². The van der Waals surface area contributed by atoms with Crippen molar-refractivity contribution in [2.75, 3.05) is 10.6 Å². The van der Waals surface area contributed by atoms with E-state index < -0.39 is 0 Å². The molecular formula is C16H15N3O2S. The molecule has 2 heterocycles. The highest BCUT2D eigenvalue weighted by molar-refractivity contribution is 8.00. The maximum atomic E-state index is 12.3. The number of pyridine rings is 1. The number of aryl methyl sites for hydroxylation is 1. The van der Waals surface area contributed by atoms with Gasteiger partial charge in [-0.15, -0.1) is 11.8 Å². The van der Waals surface area contributed by atoms with Crippen LogP contribution >= 0.6 is 11.8 Å². The Bertz CT molecular complexity index is 761. The number of fused-ring (bicyclic) bond motifs is 1. The van der Waals surface area contributed by atoms with Crippen molar-refractivity contribution in [3.63, 3.8) is 0 Å². The zero-order valence-electron chi connectivity index (χ0n) is 12.2. The first-order valence-corrected chi connectivity index (χ1v) is 7.77. The predicted molar refractivity (Wildman–Crippen MR) is 87.3 cm³/mol. The van der Waals surface area contributed by atoms with E-state index in [0.29, 0.717) is 17.1 Å². The number of anilines is 2. The first-order valence-electron chi connectivity index (χ1n) is 6.89. The summed E-state index contributed by atoms with van der Waals surface area (Å²) in [6, 6.07) is 9.00. The lowest BCUT2D eigenvalue weighted by Gasteiger charge is -2.21. The van der Waals surface area contributed by atoms with Gasteiger partial charge in [-0.25, -0.2) is 4.98 Å². The zero-order valence-corrected chi connectivity index (χ0v) is 13.0. The van der Waals surface area contributed by atoms with Crippen LogP contribution in [-0.2, 0) is 4.79 Å². The van der Waals surface area contributed by atoms with Gasteiger partial charge in [0.1, 0.15) is 5.82 Å². The molecule has 1 aliphatic rings. The molecule has 1 aromatic carbocycles. The van der Waals surface area contributed by atoms with Gasteiger partial charge in [0.2, 0.25) is 5.91 Å². The Morgan fingerprint density at radius 2 is 2.18 bits per heavy atom. The predicted octanol–water partition coefficient (Wildman–Crippen LogP) is 3.08. The monoisotopic (exact) mass is 313 g/mol. The Hall–Kier alpha value is -2.34. The van der Waals surface area contributed by atoms with Crippen LogP contribution in [0.1, 0.15) is 22.8 Å². The SMILES string of the molecule is Cc1cccnc1NC(=O)c1ccc2c(c1)NC(=O)[C@H](C)S2. The van der Waals surface area contributed by atoms with Gasteiger partial charge < -0.3 is 10.6 Å². The molecule has 0 bridgehead atoms. The van der Waals surface area contributed by atoms with Crippen LogP contribution in [0.5, 0.6) is 0 Å². The molecule has 1 atom stereocenters.